The minimum absolute atomic E-state index is 0.136. The van der Waals surface area contributed by atoms with Crippen molar-refractivity contribution in [1.82, 2.24) is 20.3 Å². The van der Waals surface area contributed by atoms with Crippen LogP contribution in [-0.4, -0.2) is 27.4 Å². The summed E-state index contributed by atoms with van der Waals surface area (Å²) in [6, 6.07) is 9.23. The molecule has 0 saturated heterocycles. The van der Waals surface area contributed by atoms with Gasteiger partial charge in [-0.3, -0.25) is 9.78 Å². The van der Waals surface area contributed by atoms with Crippen molar-refractivity contribution in [3.63, 3.8) is 0 Å². The molecule has 3 aromatic rings. The van der Waals surface area contributed by atoms with Crippen molar-refractivity contribution in [3.8, 4) is 0 Å². The molecule has 0 spiro atoms. The van der Waals surface area contributed by atoms with Gasteiger partial charge in [0.2, 0.25) is 0 Å². The predicted molar refractivity (Wildman–Crippen MR) is 99.7 cm³/mol. The monoisotopic (exact) mass is 373 g/mol. The molecule has 0 saturated carbocycles. The highest BCUT2D eigenvalue weighted by Crippen LogP contribution is 2.25. The van der Waals surface area contributed by atoms with Gasteiger partial charge in [-0.2, -0.15) is 0 Å². The fraction of sp³-hybridized carbons (Fsp3) is 0.176. The van der Waals surface area contributed by atoms with Gasteiger partial charge in [-0.05, 0) is 31.2 Å². The summed E-state index contributed by atoms with van der Waals surface area (Å²) in [5.74, 6) is 0.489. The van der Waals surface area contributed by atoms with E-state index in [0.29, 0.717) is 39.5 Å². The lowest BCUT2D eigenvalue weighted by Gasteiger charge is -2.03. The summed E-state index contributed by atoms with van der Waals surface area (Å²) in [6.45, 7) is 2.33. The number of carbonyl (C=O) groups is 1. The maximum absolute atomic E-state index is 12.3. The zero-order chi connectivity index (χ0) is 17.6. The molecule has 8 heteroatoms. The molecule has 3 aromatic heterocycles. The normalized spacial score (nSPS) is 10.5. The van der Waals surface area contributed by atoms with Crippen LogP contribution in [0.1, 0.15) is 21.1 Å². The maximum Gasteiger partial charge on any atom is 0.263 e. The quantitative estimate of drug-likeness (QED) is 0.690. The minimum Gasteiger partial charge on any atom is -0.351 e. The van der Waals surface area contributed by atoms with Gasteiger partial charge in [-0.25, -0.2) is 9.97 Å². The number of amides is 1. The Morgan fingerprint density at radius 1 is 1.24 bits per heavy atom. The van der Waals surface area contributed by atoms with E-state index < -0.39 is 0 Å². The van der Waals surface area contributed by atoms with Crippen LogP contribution in [0.15, 0.2) is 42.7 Å². The third-order valence-electron chi connectivity index (χ3n) is 3.36. The van der Waals surface area contributed by atoms with E-state index in [1.54, 1.807) is 24.5 Å². The molecule has 0 atom stereocenters. The molecule has 25 heavy (non-hydrogen) atoms. The van der Waals surface area contributed by atoms with Crippen molar-refractivity contribution in [2.24, 2.45) is 0 Å². The average Bonchev–Trinajstić information content (AvgIpc) is 2.98. The van der Waals surface area contributed by atoms with Gasteiger partial charge in [-0.1, -0.05) is 29.0 Å². The lowest BCUT2D eigenvalue weighted by atomic mass is 10.2. The summed E-state index contributed by atoms with van der Waals surface area (Å²) < 4.78 is 0. The molecular weight excluding hydrogens is 358 g/mol. The highest BCUT2D eigenvalue weighted by molar-refractivity contribution is 7.17. The van der Waals surface area contributed by atoms with E-state index in [0.717, 1.165) is 5.69 Å². The Morgan fingerprint density at radius 2 is 2.12 bits per heavy atom. The molecule has 0 aliphatic rings. The van der Waals surface area contributed by atoms with Gasteiger partial charge in [0.1, 0.15) is 10.7 Å². The summed E-state index contributed by atoms with van der Waals surface area (Å²) in [7, 11) is 0. The Hall–Kier alpha value is -2.51. The molecule has 0 fully saturated rings. The standard InChI is InChI=1S/C17H16ClN5OS/c1-11-15(16(24)20-9-7-13-4-2-3-8-19-13)25-17(22-11)23-14-6-5-12(18)10-21-14/h2-6,8,10H,7,9H2,1H3,(H,20,24)(H,21,22,23). The molecule has 6 nitrogen and oxygen atoms in total. The first kappa shape index (κ1) is 17.3. The molecular formula is C17H16ClN5OS. The van der Waals surface area contributed by atoms with Crippen LogP contribution in [0.5, 0.6) is 0 Å². The van der Waals surface area contributed by atoms with E-state index in [4.69, 9.17) is 11.6 Å². The van der Waals surface area contributed by atoms with Gasteiger partial charge >= 0.3 is 0 Å². The number of thiazole rings is 1. The van der Waals surface area contributed by atoms with Crippen LogP contribution >= 0.6 is 22.9 Å². The minimum atomic E-state index is -0.136. The van der Waals surface area contributed by atoms with Crippen molar-refractivity contribution in [2.75, 3.05) is 11.9 Å². The molecule has 0 bridgehead atoms. The van der Waals surface area contributed by atoms with Crippen LogP contribution in [0.25, 0.3) is 0 Å². The first-order valence-electron chi connectivity index (χ1n) is 7.66. The Morgan fingerprint density at radius 3 is 2.84 bits per heavy atom. The summed E-state index contributed by atoms with van der Waals surface area (Å²) in [5.41, 5.74) is 1.62. The fourth-order valence-electron chi connectivity index (χ4n) is 2.15. The summed E-state index contributed by atoms with van der Waals surface area (Å²) >= 11 is 7.11. The van der Waals surface area contributed by atoms with Crippen LogP contribution in [0, 0.1) is 6.92 Å². The lowest BCUT2D eigenvalue weighted by Crippen LogP contribution is -2.25. The average molecular weight is 374 g/mol. The van der Waals surface area contributed by atoms with Gasteiger partial charge in [0.25, 0.3) is 5.91 Å². The number of pyridine rings is 2. The first-order chi connectivity index (χ1) is 12.1. The number of nitrogens with zero attached hydrogens (tertiary/aromatic N) is 3. The predicted octanol–water partition coefficient (Wildman–Crippen LogP) is 3.61. The maximum atomic E-state index is 12.3. The van der Waals surface area contributed by atoms with Crippen LogP contribution in [-0.2, 0) is 6.42 Å². The van der Waals surface area contributed by atoms with Crippen molar-refractivity contribution in [1.29, 1.82) is 0 Å². The molecule has 0 unspecified atom stereocenters. The Kier molecular flexibility index (Phi) is 5.57. The second-order valence-electron chi connectivity index (χ2n) is 5.25. The van der Waals surface area contributed by atoms with Crippen LogP contribution in [0.3, 0.4) is 0 Å². The van der Waals surface area contributed by atoms with Crippen molar-refractivity contribution >= 4 is 39.8 Å². The summed E-state index contributed by atoms with van der Waals surface area (Å²) in [5, 5.41) is 7.16. The number of aryl methyl sites for hydroxylation is 1. The van der Waals surface area contributed by atoms with Crippen LogP contribution in [0.2, 0.25) is 5.02 Å². The largest absolute Gasteiger partial charge is 0.351 e. The van der Waals surface area contributed by atoms with Gasteiger partial charge in [-0.15, -0.1) is 0 Å². The van der Waals surface area contributed by atoms with Gasteiger partial charge in [0.05, 0.1) is 10.7 Å². The summed E-state index contributed by atoms with van der Waals surface area (Å²) in [6.07, 6.45) is 3.98. The third-order valence-corrected chi connectivity index (χ3v) is 4.65. The fourth-order valence-corrected chi connectivity index (χ4v) is 3.15. The van der Waals surface area contributed by atoms with Crippen LogP contribution < -0.4 is 10.6 Å². The van der Waals surface area contributed by atoms with E-state index >= 15 is 0 Å². The Bertz CT molecular complexity index is 851. The van der Waals surface area contributed by atoms with Gasteiger partial charge in [0, 0.05) is 31.1 Å². The lowest BCUT2D eigenvalue weighted by molar-refractivity contribution is 0.0957. The highest BCUT2D eigenvalue weighted by Gasteiger charge is 2.15. The van der Waals surface area contributed by atoms with E-state index in [1.165, 1.54) is 11.3 Å². The number of hydrogen-bond acceptors (Lipinski definition) is 6. The molecule has 0 aliphatic heterocycles. The SMILES string of the molecule is Cc1nc(Nc2ccc(Cl)cn2)sc1C(=O)NCCc1ccccn1. The summed E-state index contributed by atoms with van der Waals surface area (Å²) in [4.78, 5) is 25.7. The van der Waals surface area contributed by atoms with Gasteiger partial charge in [0.15, 0.2) is 5.13 Å². The highest BCUT2D eigenvalue weighted by atomic mass is 35.5. The molecule has 128 valence electrons. The molecule has 3 heterocycles. The zero-order valence-corrected chi connectivity index (χ0v) is 15.1. The number of hydrogen-bond donors (Lipinski definition) is 2. The number of nitrogens with one attached hydrogen (secondary N) is 2. The van der Waals surface area contributed by atoms with E-state index in [9.17, 15) is 4.79 Å². The second kappa shape index (κ2) is 8.04. The molecule has 0 aromatic carbocycles. The second-order valence-corrected chi connectivity index (χ2v) is 6.68. The van der Waals surface area contributed by atoms with Crippen molar-refractivity contribution < 1.29 is 4.79 Å². The molecule has 3 rings (SSSR count). The van der Waals surface area contributed by atoms with E-state index in [-0.39, 0.29) is 5.91 Å². The number of aromatic nitrogens is 3. The van der Waals surface area contributed by atoms with Crippen molar-refractivity contribution in [2.45, 2.75) is 13.3 Å². The number of halogens is 1. The Balaban J connectivity index is 1.59. The molecule has 1 amide bonds. The smallest absolute Gasteiger partial charge is 0.263 e. The Labute approximate surface area is 154 Å². The molecule has 2 N–H and O–H groups in total. The number of rotatable bonds is 6. The molecule has 0 aliphatic carbocycles. The topological polar surface area (TPSA) is 79.8 Å². The third kappa shape index (κ3) is 4.74. The first-order valence-corrected chi connectivity index (χ1v) is 8.85. The van der Waals surface area contributed by atoms with Gasteiger partial charge < -0.3 is 10.6 Å². The number of carbonyl (C=O) groups excluding carboxylic acids is 1. The number of anilines is 2. The zero-order valence-electron chi connectivity index (χ0n) is 13.5. The van der Waals surface area contributed by atoms with Crippen molar-refractivity contribution in [3.05, 3.63) is 64.0 Å². The van der Waals surface area contributed by atoms with E-state index in [2.05, 4.69) is 25.6 Å². The molecule has 0 radical (unpaired) electrons. The van der Waals surface area contributed by atoms with E-state index in [1.807, 2.05) is 25.1 Å². The van der Waals surface area contributed by atoms with Crippen LogP contribution in [0.4, 0.5) is 10.9 Å².